The molecule has 0 aliphatic carbocycles. The van der Waals surface area contributed by atoms with Crippen molar-refractivity contribution >= 4 is 55.4 Å². The first kappa shape index (κ1) is 17.7. The van der Waals surface area contributed by atoms with Crippen molar-refractivity contribution in [1.82, 2.24) is 14.4 Å². The smallest absolute Gasteiger partial charge is 0.268 e. The van der Waals surface area contributed by atoms with Crippen molar-refractivity contribution in [3.05, 3.63) is 79.0 Å². The van der Waals surface area contributed by atoms with Crippen LogP contribution in [0.3, 0.4) is 0 Å². The number of thiazole rings is 1. The molecule has 0 bridgehead atoms. The van der Waals surface area contributed by atoms with E-state index in [1.54, 1.807) is 23.6 Å². The SMILES string of the molecule is Cc1c(Cl)ccc2c1ncc1c(=O)n3c(-c4cccc([N+](=O)[O-])c4)csc3nc12. The molecule has 0 saturated carbocycles. The maximum absolute atomic E-state index is 13.3. The number of rotatable bonds is 2. The summed E-state index contributed by atoms with van der Waals surface area (Å²) in [6, 6.07) is 9.78. The lowest BCUT2D eigenvalue weighted by Gasteiger charge is -2.07. The molecule has 7 nitrogen and oxygen atoms in total. The Balaban J connectivity index is 1.85. The van der Waals surface area contributed by atoms with Crippen LogP contribution in [0.25, 0.3) is 38.0 Å². The van der Waals surface area contributed by atoms with Crippen LogP contribution in [-0.2, 0) is 0 Å². The molecule has 0 saturated heterocycles. The Hall–Kier alpha value is -3.36. The van der Waals surface area contributed by atoms with Gasteiger partial charge in [-0.1, -0.05) is 23.7 Å². The number of benzene rings is 2. The van der Waals surface area contributed by atoms with Gasteiger partial charge in [0.15, 0.2) is 4.96 Å². The summed E-state index contributed by atoms with van der Waals surface area (Å²) >= 11 is 7.50. The summed E-state index contributed by atoms with van der Waals surface area (Å²) in [5.74, 6) is 0. The van der Waals surface area contributed by atoms with Crippen LogP contribution in [0.2, 0.25) is 5.02 Å². The largest absolute Gasteiger partial charge is 0.270 e. The quantitative estimate of drug-likeness (QED) is 0.227. The number of fused-ring (bicyclic) bond motifs is 4. The van der Waals surface area contributed by atoms with Crippen LogP contribution >= 0.6 is 22.9 Å². The Morgan fingerprint density at radius 3 is 2.79 bits per heavy atom. The maximum atomic E-state index is 13.3. The molecule has 9 heteroatoms. The van der Waals surface area contributed by atoms with E-state index in [1.165, 1.54) is 34.1 Å². The number of halogens is 1. The van der Waals surface area contributed by atoms with E-state index in [2.05, 4.69) is 4.98 Å². The molecule has 142 valence electrons. The molecule has 0 spiro atoms. The van der Waals surface area contributed by atoms with Gasteiger partial charge in [0.25, 0.3) is 11.2 Å². The van der Waals surface area contributed by atoms with E-state index in [9.17, 15) is 14.9 Å². The molecule has 0 fully saturated rings. The molecule has 0 N–H and O–H groups in total. The number of nitro groups is 1. The number of nitro benzene ring substituents is 1. The fraction of sp³-hybridized carbons (Fsp3) is 0.0500. The molecule has 3 aromatic heterocycles. The minimum Gasteiger partial charge on any atom is -0.268 e. The number of hydrogen-bond donors (Lipinski definition) is 0. The van der Waals surface area contributed by atoms with E-state index < -0.39 is 4.92 Å². The topological polar surface area (TPSA) is 90.4 Å². The molecule has 2 aromatic carbocycles. The van der Waals surface area contributed by atoms with Crippen LogP contribution in [0.15, 0.2) is 52.8 Å². The number of pyridine rings is 1. The molecule has 5 rings (SSSR count). The van der Waals surface area contributed by atoms with Crippen molar-refractivity contribution in [3.8, 4) is 11.3 Å². The van der Waals surface area contributed by atoms with Crippen molar-refractivity contribution < 1.29 is 4.92 Å². The molecule has 0 atom stereocenters. The van der Waals surface area contributed by atoms with Gasteiger partial charge in [-0.2, -0.15) is 0 Å². The van der Waals surface area contributed by atoms with E-state index in [-0.39, 0.29) is 11.2 Å². The molecule has 29 heavy (non-hydrogen) atoms. The van der Waals surface area contributed by atoms with Gasteiger partial charge in [-0.15, -0.1) is 11.3 Å². The minimum atomic E-state index is -0.460. The second kappa shape index (κ2) is 6.33. The number of aromatic nitrogens is 3. The zero-order valence-corrected chi connectivity index (χ0v) is 16.5. The number of non-ortho nitro benzene ring substituents is 1. The third-order valence-electron chi connectivity index (χ3n) is 4.90. The van der Waals surface area contributed by atoms with E-state index in [0.717, 1.165) is 10.9 Å². The lowest BCUT2D eigenvalue weighted by molar-refractivity contribution is -0.384. The van der Waals surface area contributed by atoms with E-state index in [4.69, 9.17) is 16.6 Å². The van der Waals surface area contributed by atoms with Crippen molar-refractivity contribution in [1.29, 1.82) is 0 Å². The predicted octanol–water partition coefficient (Wildman–Crippen LogP) is 4.99. The highest BCUT2D eigenvalue weighted by atomic mass is 35.5. The standard InChI is InChI=1S/C20H11ClN4O3S/c1-10-15(21)6-5-13-17(10)22-8-14-18(13)23-20-24(19(14)26)16(9-29-20)11-3-2-4-12(7-11)25(27)28/h2-9H,1H3. The summed E-state index contributed by atoms with van der Waals surface area (Å²) < 4.78 is 1.47. The highest BCUT2D eigenvalue weighted by Gasteiger charge is 2.17. The average molecular weight is 423 g/mol. The molecular weight excluding hydrogens is 412 g/mol. The zero-order chi connectivity index (χ0) is 20.3. The molecular formula is C20H11ClN4O3S. The monoisotopic (exact) mass is 422 g/mol. The molecule has 0 amide bonds. The van der Waals surface area contributed by atoms with E-state index in [0.29, 0.717) is 37.7 Å². The first-order valence-corrected chi connectivity index (χ1v) is 9.84. The summed E-state index contributed by atoms with van der Waals surface area (Å²) in [4.78, 5) is 33.6. The Morgan fingerprint density at radius 2 is 2.00 bits per heavy atom. The van der Waals surface area contributed by atoms with Gasteiger partial charge in [-0.05, 0) is 24.6 Å². The summed E-state index contributed by atoms with van der Waals surface area (Å²) in [6.45, 7) is 1.88. The van der Waals surface area contributed by atoms with Gasteiger partial charge < -0.3 is 0 Å². The number of aryl methyl sites for hydroxylation is 1. The molecule has 3 heterocycles. The van der Waals surface area contributed by atoms with Crippen molar-refractivity contribution in [2.24, 2.45) is 0 Å². The molecule has 5 aromatic rings. The van der Waals surface area contributed by atoms with Crippen LogP contribution in [-0.4, -0.2) is 19.3 Å². The fourth-order valence-corrected chi connectivity index (χ4v) is 4.47. The van der Waals surface area contributed by atoms with Crippen molar-refractivity contribution in [2.75, 3.05) is 0 Å². The summed E-state index contributed by atoms with van der Waals surface area (Å²) in [6.07, 6.45) is 1.51. The van der Waals surface area contributed by atoms with Gasteiger partial charge in [0.05, 0.1) is 27.0 Å². The second-order valence-corrected chi connectivity index (χ2v) is 7.80. The summed E-state index contributed by atoms with van der Waals surface area (Å²) in [5, 5.41) is 14.6. The van der Waals surface area contributed by atoms with Crippen LogP contribution in [0.5, 0.6) is 0 Å². The van der Waals surface area contributed by atoms with Gasteiger partial charge in [-0.25, -0.2) is 4.98 Å². The first-order valence-electron chi connectivity index (χ1n) is 8.58. The Bertz CT molecular complexity index is 1540. The van der Waals surface area contributed by atoms with Crippen LogP contribution in [0.4, 0.5) is 5.69 Å². The summed E-state index contributed by atoms with van der Waals surface area (Å²) in [7, 11) is 0. The highest BCUT2D eigenvalue weighted by Crippen LogP contribution is 2.31. The number of nitrogens with zero attached hydrogens (tertiary/aromatic N) is 4. The lowest BCUT2D eigenvalue weighted by Crippen LogP contribution is -2.15. The maximum Gasteiger partial charge on any atom is 0.270 e. The van der Waals surface area contributed by atoms with E-state index in [1.807, 2.05) is 13.0 Å². The van der Waals surface area contributed by atoms with Gasteiger partial charge in [0.1, 0.15) is 0 Å². The predicted molar refractivity (Wildman–Crippen MR) is 114 cm³/mol. The molecule has 0 aliphatic rings. The van der Waals surface area contributed by atoms with Gasteiger partial charge in [0.2, 0.25) is 0 Å². The molecule has 0 radical (unpaired) electrons. The minimum absolute atomic E-state index is 0.0383. The van der Waals surface area contributed by atoms with Gasteiger partial charge in [0, 0.05) is 39.7 Å². The van der Waals surface area contributed by atoms with Crippen LogP contribution < -0.4 is 5.56 Å². The fourth-order valence-electron chi connectivity index (χ4n) is 3.43. The van der Waals surface area contributed by atoms with Crippen molar-refractivity contribution in [2.45, 2.75) is 6.92 Å². The Labute approximate surface area is 172 Å². The van der Waals surface area contributed by atoms with Gasteiger partial charge in [-0.3, -0.25) is 24.3 Å². The lowest BCUT2D eigenvalue weighted by atomic mass is 10.1. The summed E-state index contributed by atoms with van der Waals surface area (Å²) in [5.41, 5.74) is 2.92. The third kappa shape index (κ3) is 2.60. The highest BCUT2D eigenvalue weighted by molar-refractivity contribution is 7.15. The number of hydrogen-bond acceptors (Lipinski definition) is 6. The Morgan fingerprint density at radius 1 is 1.17 bits per heavy atom. The second-order valence-electron chi connectivity index (χ2n) is 6.55. The normalized spacial score (nSPS) is 11.5. The first-order chi connectivity index (χ1) is 14.0. The average Bonchev–Trinajstić information content (AvgIpc) is 3.15. The molecule has 0 aliphatic heterocycles. The van der Waals surface area contributed by atoms with Crippen molar-refractivity contribution in [3.63, 3.8) is 0 Å². The third-order valence-corrected chi connectivity index (χ3v) is 6.13. The van der Waals surface area contributed by atoms with Crippen LogP contribution in [0, 0.1) is 17.0 Å². The zero-order valence-electron chi connectivity index (χ0n) is 14.9. The Kier molecular flexibility index (Phi) is 3.87. The van der Waals surface area contributed by atoms with Gasteiger partial charge >= 0.3 is 0 Å². The van der Waals surface area contributed by atoms with Crippen LogP contribution in [0.1, 0.15) is 5.56 Å². The molecule has 0 unspecified atom stereocenters. The van der Waals surface area contributed by atoms with E-state index >= 15 is 0 Å².